The van der Waals surface area contributed by atoms with E-state index in [1.165, 1.54) is 5.56 Å². The first-order valence-corrected chi connectivity index (χ1v) is 9.60. The quantitative estimate of drug-likeness (QED) is 0.861. The summed E-state index contributed by atoms with van der Waals surface area (Å²) in [6, 6.07) is 6.46. The van der Waals surface area contributed by atoms with Crippen molar-refractivity contribution in [3.05, 3.63) is 42.0 Å². The van der Waals surface area contributed by atoms with E-state index in [0.717, 1.165) is 35.6 Å². The predicted molar refractivity (Wildman–Crippen MR) is 104 cm³/mol. The molecule has 1 unspecified atom stereocenters. The van der Waals surface area contributed by atoms with Crippen LogP contribution in [-0.2, 0) is 16.6 Å². The van der Waals surface area contributed by atoms with Crippen LogP contribution >= 0.6 is 0 Å². The summed E-state index contributed by atoms with van der Waals surface area (Å²) in [6.07, 6.45) is 3.68. The highest BCUT2D eigenvalue weighted by Gasteiger charge is 2.43. The van der Waals surface area contributed by atoms with Gasteiger partial charge in [0.15, 0.2) is 0 Å². The van der Waals surface area contributed by atoms with Gasteiger partial charge in [-0.25, -0.2) is 9.97 Å². The second kappa shape index (κ2) is 6.86. The second-order valence-electron chi connectivity index (χ2n) is 8.10. The molecule has 0 aliphatic carbocycles. The summed E-state index contributed by atoms with van der Waals surface area (Å²) < 4.78 is 5.93. The Balaban J connectivity index is 1.69. The molecular formula is C21H27N3O3. The zero-order valence-electron chi connectivity index (χ0n) is 16.1. The Labute approximate surface area is 159 Å². The molecule has 1 aromatic carbocycles. The van der Waals surface area contributed by atoms with Crippen molar-refractivity contribution >= 4 is 5.69 Å². The molecule has 1 aromatic heterocycles. The lowest BCUT2D eigenvalue weighted by molar-refractivity contribution is -0.0223. The lowest BCUT2D eigenvalue weighted by atomic mass is 9.86. The van der Waals surface area contributed by atoms with Gasteiger partial charge in [0, 0.05) is 48.4 Å². The van der Waals surface area contributed by atoms with Gasteiger partial charge in [-0.1, -0.05) is 32.9 Å². The first kappa shape index (κ1) is 18.3. The summed E-state index contributed by atoms with van der Waals surface area (Å²) in [5.41, 5.74) is 4.43. The van der Waals surface area contributed by atoms with Crippen LogP contribution in [0.1, 0.15) is 38.6 Å². The van der Waals surface area contributed by atoms with E-state index in [1.54, 1.807) is 0 Å². The SMILES string of the molecule is CCc1ncc(-c2ccc3c(c2)N(C2C[C@H](O)[C@@H](CO)O2)CC3(C)C)cn1. The number of aryl methyl sites for hydroxylation is 1. The molecule has 1 fully saturated rings. The van der Waals surface area contributed by atoms with E-state index in [2.05, 4.69) is 46.9 Å². The molecule has 3 atom stereocenters. The maximum Gasteiger partial charge on any atom is 0.133 e. The molecular weight excluding hydrogens is 342 g/mol. The summed E-state index contributed by atoms with van der Waals surface area (Å²) in [7, 11) is 0. The van der Waals surface area contributed by atoms with Gasteiger partial charge in [-0.15, -0.1) is 0 Å². The van der Waals surface area contributed by atoms with Crippen LogP contribution in [0.5, 0.6) is 0 Å². The topological polar surface area (TPSA) is 78.7 Å². The summed E-state index contributed by atoms with van der Waals surface area (Å²) in [6.45, 7) is 7.13. The van der Waals surface area contributed by atoms with Gasteiger partial charge in [0.1, 0.15) is 18.2 Å². The zero-order chi connectivity index (χ0) is 19.2. The zero-order valence-corrected chi connectivity index (χ0v) is 16.1. The molecule has 0 amide bonds. The molecule has 2 aliphatic rings. The first-order valence-electron chi connectivity index (χ1n) is 9.60. The van der Waals surface area contributed by atoms with Crippen molar-refractivity contribution < 1.29 is 14.9 Å². The molecule has 0 radical (unpaired) electrons. The highest BCUT2D eigenvalue weighted by atomic mass is 16.5. The molecule has 4 rings (SSSR count). The fourth-order valence-corrected chi connectivity index (χ4v) is 4.13. The number of aliphatic hydroxyl groups is 2. The van der Waals surface area contributed by atoms with E-state index in [-0.39, 0.29) is 18.2 Å². The van der Waals surface area contributed by atoms with Gasteiger partial charge in [0.25, 0.3) is 0 Å². The van der Waals surface area contributed by atoms with Crippen molar-refractivity contribution in [2.75, 3.05) is 18.1 Å². The van der Waals surface area contributed by atoms with Crippen LogP contribution < -0.4 is 4.90 Å². The van der Waals surface area contributed by atoms with Crippen LogP contribution in [0.15, 0.2) is 30.6 Å². The molecule has 3 heterocycles. The standard InChI is InChI=1S/C21H27N3O3/c1-4-19-22-9-14(10-23-19)13-5-6-15-16(7-13)24(12-21(15,2)3)20-8-17(26)18(11-25)27-20/h5-7,9-10,17-18,20,25-26H,4,8,11-12H2,1-3H3/t17-,18+,20?/m0/s1. The molecule has 144 valence electrons. The third-order valence-electron chi connectivity index (χ3n) is 5.69. The van der Waals surface area contributed by atoms with E-state index in [9.17, 15) is 10.2 Å². The number of ether oxygens (including phenoxy) is 1. The van der Waals surface area contributed by atoms with Crippen LogP contribution in [0.3, 0.4) is 0 Å². The highest BCUT2D eigenvalue weighted by molar-refractivity contribution is 5.73. The molecule has 0 saturated carbocycles. The number of fused-ring (bicyclic) bond motifs is 1. The van der Waals surface area contributed by atoms with Gasteiger partial charge in [-0.2, -0.15) is 0 Å². The van der Waals surface area contributed by atoms with Crippen LogP contribution in [-0.4, -0.2) is 51.8 Å². The molecule has 0 bridgehead atoms. The third kappa shape index (κ3) is 3.22. The Hall–Kier alpha value is -2.02. The van der Waals surface area contributed by atoms with Crippen molar-refractivity contribution in [1.29, 1.82) is 0 Å². The van der Waals surface area contributed by atoms with Crippen molar-refractivity contribution in [1.82, 2.24) is 9.97 Å². The monoisotopic (exact) mass is 369 g/mol. The van der Waals surface area contributed by atoms with E-state index in [4.69, 9.17) is 4.74 Å². The number of hydrogen-bond acceptors (Lipinski definition) is 6. The average Bonchev–Trinajstić information content (AvgIpc) is 3.18. The van der Waals surface area contributed by atoms with Crippen LogP contribution in [0.2, 0.25) is 0 Å². The highest BCUT2D eigenvalue weighted by Crippen LogP contribution is 2.45. The van der Waals surface area contributed by atoms with Gasteiger partial charge >= 0.3 is 0 Å². The molecule has 27 heavy (non-hydrogen) atoms. The lowest BCUT2D eigenvalue weighted by Gasteiger charge is -2.28. The minimum atomic E-state index is -0.634. The van der Waals surface area contributed by atoms with Crippen LogP contribution in [0.4, 0.5) is 5.69 Å². The number of benzene rings is 1. The third-order valence-corrected chi connectivity index (χ3v) is 5.69. The number of aliphatic hydroxyl groups excluding tert-OH is 2. The van der Waals surface area contributed by atoms with Crippen LogP contribution in [0, 0.1) is 0 Å². The molecule has 2 N–H and O–H groups in total. The largest absolute Gasteiger partial charge is 0.394 e. The maximum atomic E-state index is 10.2. The van der Waals surface area contributed by atoms with Gasteiger partial charge in [0.2, 0.25) is 0 Å². The number of nitrogens with zero attached hydrogens (tertiary/aromatic N) is 3. The summed E-state index contributed by atoms with van der Waals surface area (Å²) in [5, 5.41) is 19.6. The Bertz CT molecular complexity index is 822. The van der Waals surface area contributed by atoms with Gasteiger partial charge in [-0.3, -0.25) is 0 Å². The van der Waals surface area contributed by atoms with Gasteiger partial charge in [-0.05, 0) is 17.2 Å². The molecule has 1 saturated heterocycles. The van der Waals surface area contributed by atoms with Crippen molar-refractivity contribution in [2.24, 2.45) is 0 Å². The Morgan fingerprint density at radius 2 is 1.96 bits per heavy atom. The van der Waals surface area contributed by atoms with Crippen molar-refractivity contribution in [3.63, 3.8) is 0 Å². The predicted octanol–water partition coefficient (Wildman–Crippen LogP) is 2.27. The number of hydrogen-bond donors (Lipinski definition) is 2. The first-order chi connectivity index (χ1) is 12.9. The average molecular weight is 369 g/mol. The van der Waals surface area contributed by atoms with Gasteiger partial charge < -0.3 is 19.8 Å². The van der Waals surface area contributed by atoms with E-state index < -0.39 is 12.2 Å². The Morgan fingerprint density at radius 3 is 2.59 bits per heavy atom. The Kier molecular flexibility index (Phi) is 4.66. The van der Waals surface area contributed by atoms with E-state index in [1.807, 2.05) is 19.3 Å². The van der Waals surface area contributed by atoms with Crippen molar-refractivity contribution in [3.8, 4) is 11.1 Å². The normalized spacial score (nSPS) is 26.4. The maximum absolute atomic E-state index is 10.2. The lowest BCUT2D eigenvalue weighted by Crippen LogP contribution is -2.37. The minimum Gasteiger partial charge on any atom is -0.394 e. The van der Waals surface area contributed by atoms with Crippen molar-refractivity contribution in [2.45, 2.75) is 57.5 Å². The summed E-state index contributed by atoms with van der Waals surface area (Å²) >= 11 is 0. The van der Waals surface area contributed by atoms with E-state index >= 15 is 0 Å². The van der Waals surface area contributed by atoms with Crippen LogP contribution in [0.25, 0.3) is 11.1 Å². The number of rotatable bonds is 4. The molecule has 0 spiro atoms. The fourth-order valence-electron chi connectivity index (χ4n) is 4.13. The van der Waals surface area contributed by atoms with E-state index in [0.29, 0.717) is 6.42 Å². The summed E-state index contributed by atoms with van der Waals surface area (Å²) in [5.74, 6) is 0.839. The fraction of sp³-hybridized carbons (Fsp3) is 0.524. The smallest absolute Gasteiger partial charge is 0.133 e. The molecule has 2 aliphatic heterocycles. The minimum absolute atomic E-state index is 0.0119. The number of anilines is 1. The number of aromatic nitrogens is 2. The second-order valence-corrected chi connectivity index (χ2v) is 8.10. The molecule has 6 nitrogen and oxygen atoms in total. The molecule has 2 aromatic rings. The Morgan fingerprint density at radius 1 is 1.22 bits per heavy atom. The molecule has 6 heteroatoms. The summed E-state index contributed by atoms with van der Waals surface area (Å²) in [4.78, 5) is 11.0. The van der Waals surface area contributed by atoms with Gasteiger partial charge in [0.05, 0.1) is 12.7 Å².